The topological polar surface area (TPSA) is 56.5 Å². The van der Waals surface area contributed by atoms with Crippen molar-refractivity contribution >= 4 is 5.91 Å². The molecular weight excluding hydrogens is 214 g/mol. The molecule has 2 aliphatic rings. The van der Waals surface area contributed by atoms with E-state index in [2.05, 4.69) is 5.11 Å². The molecule has 0 aromatic carbocycles. The highest BCUT2D eigenvalue weighted by Crippen LogP contribution is 2.37. The van der Waals surface area contributed by atoms with Gasteiger partial charge >= 0.3 is 0 Å². The monoisotopic (exact) mass is 237 g/mol. The number of likely N-dealkylation sites (tertiary alicyclic amines) is 1. The summed E-state index contributed by atoms with van der Waals surface area (Å²) in [5.74, 6) is 1.51. The molecule has 1 heterocycles. The second-order valence-corrected chi connectivity index (χ2v) is 5.40. The molecule has 0 radical (unpaired) electrons. The van der Waals surface area contributed by atoms with Gasteiger partial charge in [-0.05, 0) is 18.3 Å². The Kier molecular flexibility index (Phi) is 4.13. The molecule has 0 aromatic heterocycles. The summed E-state index contributed by atoms with van der Waals surface area (Å²) >= 11 is 0. The van der Waals surface area contributed by atoms with E-state index in [0.29, 0.717) is 12.3 Å². The number of carbonyl (C=O) groups is 1. The number of nitrogens with one attached hydrogen (secondary N) is 1. The largest absolute Gasteiger partial charge is 0.319 e. The second kappa shape index (κ2) is 5.61. The molecule has 4 nitrogen and oxygen atoms in total. The van der Waals surface area contributed by atoms with E-state index in [4.69, 9.17) is 5.53 Å². The molecule has 2 fully saturated rings. The number of hydrogen-bond acceptors (Lipinski definition) is 3. The summed E-state index contributed by atoms with van der Waals surface area (Å²) in [4.78, 5) is 13.6. The van der Waals surface area contributed by atoms with E-state index >= 15 is 0 Å². The fraction of sp³-hybridized carbons (Fsp3) is 0.923. The number of carbonyl (C=O) groups excluding carboxylic acids is 1. The fourth-order valence-electron chi connectivity index (χ4n) is 3.39. The lowest BCUT2D eigenvalue weighted by Crippen LogP contribution is -2.34. The third-order valence-corrected chi connectivity index (χ3v) is 4.39. The Morgan fingerprint density at radius 1 is 1.29 bits per heavy atom. The summed E-state index contributed by atoms with van der Waals surface area (Å²) in [6.07, 6.45) is 7.94. The van der Waals surface area contributed by atoms with Crippen LogP contribution in [0.1, 0.15) is 51.9 Å². The molecule has 4 heteroatoms. The smallest absolute Gasteiger partial charge is 0.224 e. The van der Waals surface area contributed by atoms with Crippen molar-refractivity contribution in [2.75, 3.05) is 6.54 Å². The van der Waals surface area contributed by atoms with Gasteiger partial charge in [0.25, 0.3) is 0 Å². The lowest BCUT2D eigenvalue weighted by molar-refractivity contribution is -0.131. The molecule has 1 saturated heterocycles. The van der Waals surface area contributed by atoms with Crippen LogP contribution >= 0.6 is 0 Å². The van der Waals surface area contributed by atoms with Gasteiger partial charge in [-0.1, -0.05) is 39.0 Å². The Bertz CT molecular complexity index is 286. The van der Waals surface area contributed by atoms with Gasteiger partial charge < -0.3 is 4.90 Å². The molecular formula is C13H23N3O. The van der Waals surface area contributed by atoms with Crippen molar-refractivity contribution in [3.63, 3.8) is 0 Å². The van der Waals surface area contributed by atoms with E-state index in [0.717, 1.165) is 18.9 Å². The summed E-state index contributed by atoms with van der Waals surface area (Å²) in [7, 11) is 0. The van der Waals surface area contributed by atoms with E-state index in [1.54, 1.807) is 0 Å². The first kappa shape index (κ1) is 12.5. The van der Waals surface area contributed by atoms with E-state index in [-0.39, 0.29) is 12.1 Å². The molecule has 1 aliphatic carbocycles. The Balaban J connectivity index is 1.98. The van der Waals surface area contributed by atoms with E-state index < -0.39 is 0 Å². The normalized spacial score (nSPS) is 30.5. The van der Waals surface area contributed by atoms with Crippen molar-refractivity contribution in [1.29, 1.82) is 5.53 Å². The van der Waals surface area contributed by atoms with Crippen LogP contribution in [0.3, 0.4) is 0 Å². The van der Waals surface area contributed by atoms with Crippen LogP contribution in [0.4, 0.5) is 0 Å². The molecule has 1 amide bonds. The van der Waals surface area contributed by atoms with Gasteiger partial charge in [-0.15, -0.1) is 0 Å². The van der Waals surface area contributed by atoms with Crippen molar-refractivity contribution in [3.8, 4) is 0 Å². The van der Waals surface area contributed by atoms with Crippen LogP contribution in [0.5, 0.6) is 0 Å². The maximum absolute atomic E-state index is 11.8. The molecule has 2 atom stereocenters. The van der Waals surface area contributed by atoms with Crippen molar-refractivity contribution in [2.24, 2.45) is 17.0 Å². The summed E-state index contributed by atoms with van der Waals surface area (Å²) in [5, 5.41) is 3.64. The van der Waals surface area contributed by atoms with E-state index in [9.17, 15) is 4.79 Å². The maximum Gasteiger partial charge on any atom is 0.224 e. The average Bonchev–Trinajstić information content (AvgIpc) is 2.83. The van der Waals surface area contributed by atoms with Gasteiger partial charge in [-0.2, -0.15) is 5.11 Å². The minimum absolute atomic E-state index is 0.157. The summed E-state index contributed by atoms with van der Waals surface area (Å²) < 4.78 is 0. The summed E-state index contributed by atoms with van der Waals surface area (Å²) in [5.41, 5.74) is 7.23. The third-order valence-electron chi connectivity index (χ3n) is 4.39. The van der Waals surface area contributed by atoms with Crippen LogP contribution in [0.2, 0.25) is 0 Å². The van der Waals surface area contributed by atoms with Crippen LogP contribution in [0, 0.1) is 17.4 Å². The zero-order chi connectivity index (χ0) is 12.3. The highest BCUT2D eigenvalue weighted by atomic mass is 16.2. The van der Waals surface area contributed by atoms with Gasteiger partial charge in [-0.3, -0.25) is 4.79 Å². The quantitative estimate of drug-likeness (QED) is 0.753. The predicted molar refractivity (Wildman–Crippen MR) is 65.6 cm³/mol. The van der Waals surface area contributed by atoms with Crippen molar-refractivity contribution in [3.05, 3.63) is 0 Å². The standard InChI is InChI=1S/C13H23N3O/c1-2-13(17)16-9-11(8-12(16)15-14)10-6-4-3-5-7-10/h10-12,14H,2-9H2,1H3. The Hall–Kier alpha value is -0.930. The minimum atomic E-state index is -0.172. The number of rotatable bonds is 3. The zero-order valence-electron chi connectivity index (χ0n) is 10.7. The predicted octanol–water partition coefficient (Wildman–Crippen LogP) is 3.18. The van der Waals surface area contributed by atoms with Crippen LogP contribution in [0.15, 0.2) is 5.11 Å². The number of hydrogen-bond donors (Lipinski definition) is 1. The fourth-order valence-corrected chi connectivity index (χ4v) is 3.39. The van der Waals surface area contributed by atoms with Gasteiger partial charge in [0.1, 0.15) is 6.17 Å². The molecule has 1 saturated carbocycles. The van der Waals surface area contributed by atoms with Crippen LogP contribution < -0.4 is 0 Å². The lowest BCUT2D eigenvalue weighted by atomic mass is 9.79. The molecule has 2 unspecified atom stereocenters. The molecule has 17 heavy (non-hydrogen) atoms. The summed E-state index contributed by atoms with van der Waals surface area (Å²) in [6, 6.07) is 0. The minimum Gasteiger partial charge on any atom is -0.319 e. The summed E-state index contributed by atoms with van der Waals surface area (Å²) in [6.45, 7) is 2.72. The van der Waals surface area contributed by atoms with Gasteiger partial charge in [0.2, 0.25) is 5.91 Å². The van der Waals surface area contributed by atoms with Gasteiger partial charge in [0.15, 0.2) is 0 Å². The molecule has 0 bridgehead atoms. The Morgan fingerprint density at radius 3 is 2.59 bits per heavy atom. The van der Waals surface area contributed by atoms with E-state index in [1.807, 2.05) is 11.8 Å². The first-order chi connectivity index (χ1) is 8.26. The van der Waals surface area contributed by atoms with Crippen molar-refractivity contribution in [1.82, 2.24) is 4.90 Å². The first-order valence-corrected chi connectivity index (χ1v) is 6.92. The third kappa shape index (κ3) is 2.67. The zero-order valence-corrected chi connectivity index (χ0v) is 10.7. The highest BCUT2D eigenvalue weighted by molar-refractivity contribution is 5.76. The van der Waals surface area contributed by atoms with Crippen LogP contribution in [-0.2, 0) is 4.79 Å². The SMILES string of the molecule is CCC(=O)N1CC(C2CCCCC2)CC1N=N. The van der Waals surface area contributed by atoms with Crippen molar-refractivity contribution < 1.29 is 4.79 Å². The second-order valence-electron chi connectivity index (χ2n) is 5.40. The van der Waals surface area contributed by atoms with Crippen LogP contribution in [-0.4, -0.2) is 23.5 Å². The van der Waals surface area contributed by atoms with Gasteiger partial charge in [0.05, 0.1) is 0 Å². The van der Waals surface area contributed by atoms with Gasteiger partial charge in [0, 0.05) is 13.0 Å². The molecule has 96 valence electrons. The van der Waals surface area contributed by atoms with Gasteiger partial charge in [-0.25, -0.2) is 5.53 Å². The Labute approximate surface area is 103 Å². The molecule has 2 rings (SSSR count). The maximum atomic E-state index is 11.8. The number of nitrogens with zero attached hydrogens (tertiary/aromatic N) is 2. The van der Waals surface area contributed by atoms with Crippen LogP contribution in [0.25, 0.3) is 0 Å². The molecule has 1 N–H and O–H groups in total. The van der Waals surface area contributed by atoms with E-state index in [1.165, 1.54) is 32.1 Å². The molecule has 0 spiro atoms. The first-order valence-electron chi connectivity index (χ1n) is 6.92. The van der Waals surface area contributed by atoms with Crippen molar-refractivity contribution in [2.45, 2.75) is 58.0 Å². The highest BCUT2D eigenvalue weighted by Gasteiger charge is 2.38. The molecule has 0 aromatic rings. The average molecular weight is 237 g/mol. The molecule has 1 aliphatic heterocycles. The number of amides is 1. The lowest BCUT2D eigenvalue weighted by Gasteiger charge is -2.27. The Morgan fingerprint density at radius 2 is 2.00 bits per heavy atom.